The first-order valence-corrected chi connectivity index (χ1v) is 17.9. The first kappa shape index (κ1) is 41.8. The van der Waals surface area contributed by atoms with Gasteiger partial charge in [0.05, 0.1) is 53.3 Å². The highest BCUT2D eigenvalue weighted by atomic mass is 32.2. The zero-order valence-corrected chi connectivity index (χ0v) is 30.6. The van der Waals surface area contributed by atoms with Gasteiger partial charge in [0, 0.05) is 37.9 Å². The van der Waals surface area contributed by atoms with Crippen molar-refractivity contribution in [2.45, 2.75) is 52.1 Å². The van der Waals surface area contributed by atoms with Crippen LogP contribution in [-0.2, 0) is 19.6 Å². The third-order valence-corrected chi connectivity index (χ3v) is 9.08. The summed E-state index contributed by atoms with van der Waals surface area (Å²) in [6.45, 7) is 10.9. The second kappa shape index (κ2) is 18.4. The maximum absolute atomic E-state index is 11.3. The number of hydrogen-bond acceptors (Lipinski definition) is 16. The highest BCUT2D eigenvalue weighted by Gasteiger charge is 2.29. The maximum atomic E-state index is 11.3. The number of nitrogens with zero attached hydrogens (tertiary/aromatic N) is 12. The molecule has 55 heavy (non-hydrogen) atoms. The van der Waals surface area contributed by atoms with E-state index in [4.69, 9.17) is 14.0 Å². The highest BCUT2D eigenvalue weighted by molar-refractivity contribution is 7.85. The summed E-state index contributed by atoms with van der Waals surface area (Å²) in [5.74, 6) is 1.40. The zero-order chi connectivity index (χ0) is 39.0. The van der Waals surface area contributed by atoms with Crippen molar-refractivity contribution in [1.29, 1.82) is 0 Å². The molecule has 2 aliphatic heterocycles. The van der Waals surface area contributed by atoms with Gasteiger partial charge in [0.1, 0.15) is 24.0 Å². The molecule has 6 heterocycles. The van der Waals surface area contributed by atoms with E-state index in [0.717, 1.165) is 0 Å². The molecule has 0 saturated carbocycles. The monoisotopic (exact) mass is 782 g/mol. The smallest absolute Gasteiger partial charge is 0.333 e. The molecule has 0 radical (unpaired) electrons. The van der Waals surface area contributed by atoms with E-state index in [0.29, 0.717) is 62.8 Å². The Hall–Kier alpha value is -5.97. The Balaban J connectivity index is 0.000000195. The van der Waals surface area contributed by atoms with E-state index in [1.165, 1.54) is 33.9 Å². The molecular formula is C33H42N12O9S. The van der Waals surface area contributed by atoms with Crippen LogP contribution < -0.4 is 9.80 Å². The number of nitro groups is 2. The molecule has 0 unspecified atom stereocenters. The second-order valence-corrected chi connectivity index (χ2v) is 13.5. The average molecular weight is 783 g/mol. The van der Waals surface area contributed by atoms with Gasteiger partial charge in [0.15, 0.2) is 0 Å². The summed E-state index contributed by atoms with van der Waals surface area (Å²) >= 11 is 0. The Morgan fingerprint density at radius 2 is 1.16 bits per heavy atom. The molecule has 2 atom stereocenters. The summed E-state index contributed by atoms with van der Waals surface area (Å²) < 4.78 is 43.1. The number of rotatable bonds is 7. The van der Waals surface area contributed by atoms with Crippen molar-refractivity contribution < 1.29 is 32.3 Å². The van der Waals surface area contributed by atoms with Crippen LogP contribution in [0.25, 0.3) is 11.6 Å². The van der Waals surface area contributed by atoms with Gasteiger partial charge in [0.2, 0.25) is 23.5 Å². The highest BCUT2D eigenvalue weighted by Crippen LogP contribution is 2.29. The van der Waals surface area contributed by atoms with E-state index in [9.17, 15) is 28.6 Å². The second-order valence-electron chi connectivity index (χ2n) is 12.0. The molecule has 22 heteroatoms. The van der Waals surface area contributed by atoms with Crippen molar-refractivity contribution in [2.24, 2.45) is 0 Å². The van der Waals surface area contributed by atoms with Crippen LogP contribution in [0, 0.1) is 34.1 Å². The quantitative estimate of drug-likeness (QED) is 0.140. The lowest BCUT2D eigenvalue weighted by Gasteiger charge is -2.33. The van der Waals surface area contributed by atoms with Gasteiger partial charge in [0.25, 0.3) is 10.1 Å². The molecule has 2 fully saturated rings. The van der Waals surface area contributed by atoms with Gasteiger partial charge in [-0.3, -0.25) is 33.9 Å². The van der Waals surface area contributed by atoms with Crippen LogP contribution in [0.1, 0.15) is 32.7 Å². The molecule has 1 aromatic carbocycles. The van der Waals surface area contributed by atoms with Gasteiger partial charge < -0.3 is 19.3 Å². The summed E-state index contributed by atoms with van der Waals surface area (Å²) in [5, 5.41) is 22.7. The molecule has 0 aliphatic carbocycles. The van der Waals surface area contributed by atoms with E-state index in [1.807, 2.05) is 23.6 Å². The van der Waals surface area contributed by atoms with Gasteiger partial charge in [-0.05, 0) is 39.8 Å². The number of ether oxygens (including phenoxy) is 2. The topological polar surface area (TPSA) is 253 Å². The van der Waals surface area contributed by atoms with Crippen molar-refractivity contribution in [3.8, 4) is 11.6 Å². The minimum atomic E-state index is -4.00. The van der Waals surface area contributed by atoms with Crippen molar-refractivity contribution >= 4 is 33.4 Å². The molecule has 0 spiro atoms. The molecule has 7 rings (SSSR count). The van der Waals surface area contributed by atoms with E-state index >= 15 is 0 Å². The molecule has 21 nitrogen and oxygen atoms in total. The number of benzene rings is 1. The summed E-state index contributed by atoms with van der Waals surface area (Å²) in [4.78, 5) is 51.0. The fraction of sp³-hybridized carbons (Fsp3) is 0.394. The fourth-order valence-corrected chi connectivity index (χ4v) is 6.03. The standard InChI is InChI=1S/2C13H16N6O3.C6H6O3S.CH4/c2*1-9-7-22-6-5-18(9)13-15-10(2)11(19(20)21)12(16-13)17-4-3-14-8-17;7-10(8,9)6-4-2-1-3-5-6;/h2*3-4,8-9H,5-7H2,1-2H3;1-5H,(H,7,8,9);1H4/t2*9-;;/m00../s1. The first-order chi connectivity index (χ1) is 25.8. The molecule has 2 aliphatic rings. The van der Waals surface area contributed by atoms with Gasteiger partial charge >= 0.3 is 11.4 Å². The maximum Gasteiger partial charge on any atom is 0.333 e. The Labute approximate surface area is 316 Å². The van der Waals surface area contributed by atoms with Crippen molar-refractivity contribution in [2.75, 3.05) is 49.3 Å². The van der Waals surface area contributed by atoms with E-state index in [-0.39, 0.29) is 47.4 Å². The van der Waals surface area contributed by atoms with E-state index in [2.05, 4.69) is 29.9 Å². The summed E-state index contributed by atoms with van der Waals surface area (Å²) in [6.07, 6.45) is 9.33. The molecule has 2 saturated heterocycles. The number of aryl methyl sites for hydroxylation is 2. The number of aromatic nitrogens is 8. The molecule has 0 amide bonds. The predicted molar refractivity (Wildman–Crippen MR) is 199 cm³/mol. The minimum absolute atomic E-state index is 0. The third kappa shape index (κ3) is 10.2. The molecule has 294 valence electrons. The van der Waals surface area contributed by atoms with Gasteiger partial charge in [-0.1, -0.05) is 25.6 Å². The summed E-state index contributed by atoms with van der Waals surface area (Å²) in [5.41, 5.74) is 0.445. The number of imidazole rings is 2. The fourth-order valence-electron chi connectivity index (χ4n) is 5.53. The Morgan fingerprint density at radius 3 is 1.47 bits per heavy atom. The number of morpholine rings is 2. The average Bonchev–Trinajstić information content (AvgIpc) is 3.88. The molecule has 0 bridgehead atoms. The van der Waals surface area contributed by atoms with Gasteiger partial charge in [-0.15, -0.1) is 0 Å². The van der Waals surface area contributed by atoms with Gasteiger partial charge in [-0.25, -0.2) is 19.9 Å². The molecule has 5 aromatic rings. The molecule has 4 aromatic heterocycles. The van der Waals surface area contributed by atoms with Crippen LogP contribution in [0.5, 0.6) is 0 Å². The molecule has 1 N–H and O–H groups in total. The van der Waals surface area contributed by atoms with Crippen molar-refractivity contribution in [3.05, 3.63) is 99.4 Å². The zero-order valence-electron chi connectivity index (χ0n) is 29.7. The Kier molecular flexibility index (Phi) is 14.0. The van der Waals surface area contributed by atoms with Crippen LogP contribution in [0.2, 0.25) is 0 Å². The lowest BCUT2D eigenvalue weighted by atomic mass is 10.2. The number of hydrogen-bond donors (Lipinski definition) is 1. The van der Waals surface area contributed by atoms with Crippen LogP contribution in [-0.4, -0.2) is 113 Å². The lowest BCUT2D eigenvalue weighted by Crippen LogP contribution is -2.44. The van der Waals surface area contributed by atoms with E-state index < -0.39 is 20.0 Å². The van der Waals surface area contributed by atoms with Crippen molar-refractivity contribution in [3.63, 3.8) is 0 Å². The predicted octanol–water partition coefficient (Wildman–Crippen LogP) is 3.78. The van der Waals surface area contributed by atoms with Crippen molar-refractivity contribution in [1.82, 2.24) is 39.0 Å². The van der Waals surface area contributed by atoms with Gasteiger partial charge in [-0.2, -0.15) is 18.4 Å². The van der Waals surface area contributed by atoms with E-state index in [1.54, 1.807) is 56.8 Å². The summed E-state index contributed by atoms with van der Waals surface area (Å²) in [7, 11) is -4.00. The first-order valence-electron chi connectivity index (χ1n) is 16.5. The Bertz CT molecular complexity index is 2040. The molecular weight excluding hydrogens is 741 g/mol. The van der Waals surface area contributed by atoms with Crippen LogP contribution in [0.3, 0.4) is 0 Å². The summed E-state index contributed by atoms with van der Waals surface area (Å²) in [6, 6.07) is 7.65. The number of anilines is 2. The van der Waals surface area contributed by atoms with Crippen LogP contribution in [0.15, 0.2) is 72.7 Å². The minimum Gasteiger partial charge on any atom is -0.377 e. The Morgan fingerprint density at radius 1 is 0.745 bits per heavy atom. The SMILES string of the molecule is C.Cc1nc(N2CCOC[C@@H]2C)nc(-n2ccnc2)c1[N+](=O)[O-].Cc1nc(N2CCOC[C@@H]2C)nc(-n2ccnc2)c1[N+](=O)[O-].O=S(=O)(O)c1ccccc1. The van der Waals surface area contributed by atoms with Crippen LogP contribution in [0.4, 0.5) is 23.3 Å². The largest absolute Gasteiger partial charge is 0.377 e. The third-order valence-electron chi connectivity index (χ3n) is 8.21. The lowest BCUT2D eigenvalue weighted by molar-refractivity contribution is -0.385. The van der Waals surface area contributed by atoms with Crippen LogP contribution >= 0.6 is 0 Å². The normalized spacial score (nSPS) is 16.8.